The van der Waals surface area contributed by atoms with Crippen molar-refractivity contribution >= 4 is 0 Å². The molecule has 3 nitrogen and oxygen atoms in total. The van der Waals surface area contributed by atoms with Gasteiger partial charge in [-0.1, -0.05) is 210 Å². The Balaban J connectivity index is 1.05. The smallest absolute Gasteiger partial charge is 0.164 e. The molecule has 1 spiro atoms. The normalized spacial score (nSPS) is 14.9. The van der Waals surface area contributed by atoms with Gasteiger partial charge in [-0.05, 0) is 119 Å². The van der Waals surface area contributed by atoms with E-state index in [-0.39, 0.29) is 10.8 Å². The van der Waals surface area contributed by atoms with Crippen LogP contribution in [0.1, 0.15) is 72.2 Å². The predicted octanol–water partition coefficient (Wildman–Crippen LogP) is 15.5. The topological polar surface area (TPSA) is 38.7 Å². The summed E-state index contributed by atoms with van der Waals surface area (Å²) < 4.78 is 0. The summed E-state index contributed by atoms with van der Waals surface area (Å²) in [6, 6.07) is 77.7. The minimum absolute atomic E-state index is 0.165. The number of hydrogen-bond donors (Lipinski definition) is 0. The van der Waals surface area contributed by atoms with Crippen LogP contribution in [0.3, 0.4) is 0 Å². The molecule has 0 fully saturated rings. The van der Waals surface area contributed by atoms with Crippen molar-refractivity contribution in [2.75, 3.05) is 0 Å². The molecule has 0 aliphatic heterocycles. The average molecular weight is 858 g/mol. The first-order chi connectivity index (χ1) is 32.7. The first kappa shape index (κ1) is 39.4. The van der Waals surface area contributed by atoms with E-state index in [1.54, 1.807) is 0 Å². The maximum atomic E-state index is 5.46. The Morgan fingerprint density at radius 1 is 0.239 bits per heavy atom. The Hall–Kier alpha value is -8.01. The number of aromatic nitrogens is 3. The highest BCUT2D eigenvalue weighted by atomic mass is 15.0. The first-order valence-electron chi connectivity index (χ1n) is 23.4. The summed E-state index contributed by atoms with van der Waals surface area (Å²) in [5.74, 6) is 1.92. The van der Waals surface area contributed by atoms with Crippen LogP contribution < -0.4 is 0 Å². The molecular weight excluding hydrogens is 811 g/mol. The molecule has 0 amide bonds. The summed E-state index contributed by atoms with van der Waals surface area (Å²) >= 11 is 0. The molecule has 3 aliphatic rings. The van der Waals surface area contributed by atoms with Crippen LogP contribution in [0.2, 0.25) is 0 Å². The van der Waals surface area contributed by atoms with Crippen molar-refractivity contribution in [3.05, 3.63) is 257 Å². The van der Waals surface area contributed by atoms with Crippen molar-refractivity contribution < 1.29 is 0 Å². The minimum Gasteiger partial charge on any atom is -0.208 e. The van der Waals surface area contributed by atoms with Crippen LogP contribution in [-0.2, 0) is 16.2 Å². The molecule has 0 atom stereocenters. The van der Waals surface area contributed by atoms with Crippen LogP contribution in [-0.4, -0.2) is 15.0 Å². The van der Waals surface area contributed by atoms with Crippen LogP contribution >= 0.6 is 0 Å². The van der Waals surface area contributed by atoms with Gasteiger partial charge in [-0.25, -0.2) is 15.0 Å². The minimum atomic E-state index is -0.483. The molecule has 67 heavy (non-hydrogen) atoms. The summed E-state index contributed by atoms with van der Waals surface area (Å²) in [6.45, 7) is 9.39. The van der Waals surface area contributed by atoms with E-state index in [4.69, 9.17) is 15.0 Å². The van der Waals surface area contributed by atoms with Crippen LogP contribution in [0, 0.1) is 0 Å². The molecule has 3 aliphatic carbocycles. The third-order valence-electron chi connectivity index (χ3n) is 15.2. The molecular formula is C64H47N3. The van der Waals surface area contributed by atoms with E-state index in [2.05, 4.69) is 240 Å². The zero-order valence-electron chi connectivity index (χ0n) is 38.0. The first-order valence-corrected chi connectivity index (χ1v) is 23.4. The van der Waals surface area contributed by atoms with Crippen molar-refractivity contribution in [3.63, 3.8) is 0 Å². The Morgan fingerprint density at radius 3 is 1.21 bits per heavy atom. The highest BCUT2D eigenvalue weighted by Crippen LogP contribution is 2.62. The number of fused-ring (bicyclic) bond motifs is 12. The second kappa shape index (κ2) is 14.5. The monoisotopic (exact) mass is 857 g/mol. The van der Waals surface area contributed by atoms with Gasteiger partial charge in [-0.2, -0.15) is 0 Å². The van der Waals surface area contributed by atoms with Gasteiger partial charge < -0.3 is 0 Å². The predicted molar refractivity (Wildman–Crippen MR) is 274 cm³/mol. The Labute approximate surface area is 392 Å². The lowest BCUT2D eigenvalue weighted by Crippen LogP contribution is -2.40. The lowest BCUT2D eigenvalue weighted by Gasteiger charge is -2.46. The molecule has 1 heterocycles. The lowest BCUT2D eigenvalue weighted by atomic mass is 9.55. The van der Waals surface area contributed by atoms with Gasteiger partial charge in [0, 0.05) is 27.5 Å². The van der Waals surface area contributed by atoms with E-state index in [1.807, 2.05) is 0 Å². The number of benzene rings is 9. The average Bonchev–Trinajstić information content (AvgIpc) is 3.80. The van der Waals surface area contributed by atoms with E-state index in [0.29, 0.717) is 17.5 Å². The third kappa shape index (κ3) is 5.74. The van der Waals surface area contributed by atoms with E-state index in [9.17, 15) is 0 Å². The number of nitrogens with zero attached hydrogens (tertiary/aromatic N) is 3. The molecule has 1 aromatic heterocycles. The highest BCUT2D eigenvalue weighted by molar-refractivity contribution is 5.91. The maximum Gasteiger partial charge on any atom is 0.164 e. The standard InChI is InChI=1S/C64H47N3/c1-62(2)51-25-13-11-23-47(51)49-33-31-43(39-58(49)62)60-65-59(66-61(67-60)46-36-44(40-19-7-5-8-20-40)35-45(37-46)41-21-9-6-10-22-41)42-32-34-53-50(38-42)48-24-12-14-26-52(48)64(53)56-29-17-15-27-54(56)63(3,4)55-28-16-18-30-57(55)64/h5-39H,1-4H3. The van der Waals surface area contributed by atoms with Gasteiger partial charge >= 0.3 is 0 Å². The van der Waals surface area contributed by atoms with Crippen molar-refractivity contribution in [2.24, 2.45) is 0 Å². The fourth-order valence-electron chi connectivity index (χ4n) is 12.0. The molecule has 10 aromatic rings. The summed E-state index contributed by atoms with van der Waals surface area (Å²) in [4.78, 5) is 16.3. The van der Waals surface area contributed by atoms with Crippen LogP contribution in [0.25, 0.3) is 78.7 Å². The molecule has 3 heteroatoms. The van der Waals surface area contributed by atoms with Crippen LogP contribution in [0.15, 0.2) is 212 Å². The fourth-order valence-corrected chi connectivity index (χ4v) is 12.0. The molecule has 0 saturated carbocycles. The van der Waals surface area contributed by atoms with Gasteiger partial charge in [0.15, 0.2) is 17.5 Å². The molecule has 0 N–H and O–H groups in total. The second-order valence-corrected chi connectivity index (χ2v) is 19.5. The van der Waals surface area contributed by atoms with Crippen molar-refractivity contribution in [1.29, 1.82) is 0 Å². The van der Waals surface area contributed by atoms with Gasteiger partial charge in [0.05, 0.1) is 5.41 Å². The zero-order valence-corrected chi connectivity index (χ0v) is 38.0. The summed E-state index contributed by atoms with van der Waals surface area (Å²) in [6.07, 6.45) is 0. The van der Waals surface area contributed by atoms with Gasteiger partial charge in [-0.3, -0.25) is 0 Å². The quantitative estimate of drug-likeness (QED) is 0.173. The Kier molecular flexibility index (Phi) is 8.52. The van der Waals surface area contributed by atoms with Gasteiger partial charge in [-0.15, -0.1) is 0 Å². The Bertz CT molecular complexity index is 3530. The van der Waals surface area contributed by atoms with E-state index in [1.165, 1.54) is 66.8 Å². The van der Waals surface area contributed by atoms with Crippen LogP contribution in [0.4, 0.5) is 0 Å². The molecule has 13 rings (SSSR count). The summed E-state index contributed by atoms with van der Waals surface area (Å²) in [7, 11) is 0. The van der Waals surface area contributed by atoms with E-state index >= 15 is 0 Å². The number of rotatable bonds is 5. The SMILES string of the molecule is CC1(C)c2ccccc2-c2ccc(-c3nc(-c4cc(-c5ccccc5)cc(-c5ccccc5)c4)nc(-c4ccc5c(c4)-c4ccccc4C54c5ccccc5C(C)(C)c5ccccc54)n3)cc21. The molecule has 0 unspecified atom stereocenters. The molecule has 9 aromatic carbocycles. The maximum absolute atomic E-state index is 5.46. The zero-order chi connectivity index (χ0) is 45.1. The molecule has 0 bridgehead atoms. The molecule has 0 radical (unpaired) electrons. The molecule has 318 valence electrons. The summed E-state index contributed by atoms with van der Waals surface area (Å²) in [5, 5.41) is 0. The summed E-state index contributed by atoms with van der Waals surface area (Å²) in [5.41, 5.74) is 22.1. The molecule has 0 saturated heterocycles. The largest absolute Gasteiger partial charge is 0.208 e. The van der Waals surface area contributed by atoms with Crippen molar-refractivity contribution in [1.82, 2.24) is 15.0 Å². The van der Waals surface area contributed by atoms with E-state index < -0.39 is 5.41 Å². The van der Waals surface area contributed by atoms with Gasteiger partial charge in [0.25, 0.3) is 0 Å². The van der Waals surface area contributed by atoms with Gasteiger partial charge in [0.2, 0.25) is 0 Å². The van der Waals surface area contributed by atoms with E-state index in [0.717, 1.165) is 38.9 Å². The third-order valence-corrected chi connectivity index (χ3v) is 15.2. The van der Waals surface area contributed by atoms with Crippen molar-refractivity contribution in [3.8, 4) is 78.7 Å². The highest BCUT2D eigenvalue weighted by Gasteiger charge is 2.53. The second-order valence-electron chi connectivity index (χ2n) is 19.5. The van der Waals surface area contributed by atoms with Crippen molar-refractivity contribution in [2.45, 2.75) is 43.9 Å². The van der Waals surface area contributed by atoms with Gasteiger partial charge in [0.1, 0.15) is 0 Å². The fraction of sp³-hybridized carbons (Fsp3) is 0.109. The lowest BCUT2D eigenvalue weighted by molar-refractivity contribution is 0.563. The Morgan fingerprint density at radius 2 is 0.627 bits per heavy atom. The number of hydrogen-bond acceptors (Lipinski definition) is 3. The van der Waals surface area contributed by atoms with Crippen LogP contribution in [0.5, 0.6) is 0 Å².